The third-order valence-electron chi connectivity index (χ3n) is 2.92. The van der Waals surface area contributed by atoms with Gasteiger partial charge in [0.1, 0.15) is 5.82 Å². The van der Waals surface area contributed by atoms with E-state index in [1.807, 2.05) is 6.07 Å². The molecule has 0 atom stereocenters. The van der Waals surface area contributed by atoms with Gasteiger partial charge in [-0.15, -0.1) is 0 Å². The lowest BCUT2D eigenvalue weighted by molar-refractivity contribution is 0.158. The van der Waals surface area contributed by atoms with Crippen molar-refractivity contribution in [3.8, 4) is 0 Å². The van der Waals surface area contributed by atoms with Crippen molar-refractivity contribution in [2.24, 2.45) is 0 Å². The molecular weight excluding hydrogens is 206 g/mol. The van der Waals surface area contributed by atoms with Gasteiger partial charge in [-0.1, -0.05) is 0 Å². The monoisotopic (exact) mass is 223 g/mol. The van der Waals surface area contributed by atoms with Crippen LogP contribution in [-0.4, -0.2) is 53.0 Å². The first kappa shape index (κ1) is 10.9. The number of nitrogens with zero attached hydrogens (tertiary/aromatic N) is 4. The molecule has 0 aromatic carbocycles. The molecule has 1 aromatic heterocycles. The molecule has 6 nitrogen and oxygen atoms in total. The highest BCUT2D eigenvalue weighted by molar-refractivity contribution is 5.39. The van der Waals surface area contributed by atoms with Crippen LogP contribution in [0, 0.1) is 12.3 Å². The second-order valence-corrected chi connectivity index (χ2v) is 4.18. The van der Waals surface area contributed by atoms with E-state index in [-0.39, 0.29) is 5.62 Å². The molecule has 1 aromatic rings. The molecule has 1 saturated heterocycles. The van der Waals surface area contributed by atoms with Gasteiger partial charge in [0.25, 0.3) is 5.62 Å². The molecule has 0 radical (unpaired) electrons. The van der Waals surface area contributed by atoms with Crippen LogP contribution in [-0.2, 0) is 0 Å². The Hall–Kier alpha value is -1.56. The predicted molar refractivity (Wildman–Crippen MR) is 59.7 cm³/mol. The van der Waals surface area contributed by atoms with Crippen LogP contribution in [0.1, 0.15) is 5.69 Å². The molecule has 0 spiro atoms. The van der Waals surface area contributed by atoms with Crippen LogP contribution in [0.2, 0.25) is 0 Å². The smallest absolute Gasteiger partial charge is 0.257 e. The third-order valence-corrected chi connectivity index (χ3v) is 2.92. The molecule has 88 valence electrons. The lowest BCUT2D eigenvalue weighted by Crippen LogP contribution is -2.45. The second kappa shape index (κ2) is 4.13. The van der Waals surface area contributed by atoms with Gasteiger partial charge in [-0.3, -0.25) is 5.41 Å². The van der Waals surface area contributed by atoms with E-state index in [0.29, 0.717) is 5.69 Å². The number of aromatic nitrogens is 2. The number of aryl methyl sites for hydroxylation is 1. The summed E-state index contributed by atoms with van der Waals surface area (Å²) in [5.74, 6) is 0.779. The molecule has 1 aliphatic heterocycles. The maximum atomic E-state index is 9.41. The summed E-state index contributed by atoms with van der Waals surface area (Å²) in [5.41, 5.74) is 0.517. The van der Waals surface area contributed by atoms with Gasteiger partial charge in [-0.2, -0.15) is 9.71 Å². The Morgan fingerprint density at radius 2 is 1.94 bits per heavy atom. The maximum Gasteiger partial charge on any atom is 0.257 e. The van der Waals surface area contributed by atoms with Crippen LogP contribution < -0.4 is 10.5 Å². The van der Waals surface area contributed by atoms with Crippen molar-refractivity contribution in [2.45, 2.75) is 6.92 Å². The normalized spacial score (nSPS) is 17.8. The van der Waals surface area contributed by atoms with Gasteiger partial charge in [-0.05, 0) is 14.0 Å². The number of nitrogens with one attached hydrogen (secondary N) is 1. The van der Waals surface area contributed by atoms with Crippen molar-refractivity contribution in [1.82, 2.24) is 14.6 Å². The minimum Gasteiger partial charge on any atom is -0.425 e. The summed E-state index contributed by atoms with van der Waals surface area (Å²) in [4.78, 5) is 8.48. The number of rotatable bonds is 1. The fraction of sp³-hybridized carbons (Fsp3) is 0.600. The highest BCUT2D eigenvalue weighted by atomic mass is 16.5. The largest absolute Gasteiger partial charge is 0.425 e. The lowest BCUT2D eigenvalue weighted by atomic mass is 10.3. The average molecular weight is 223 g/mol. The number of piperazine rings is 1. The summed E-state index contributed by atoms with van der Waals surface area (Å²) in [7, 11) is 2.10. The molecular formula is C10H17N5O. The molecule has 2 N–H and O–H groups in total. The quantitative estimate of drug-likeness (QED) is 0.639. The van der Waals surface area contributed by atoms with Crippen molar-refractivity contribution in [1.29, 1.82) is 5.41 Å². The number of hydrogen-bond acceptors (Lipinski definition) is 5. The molecule has 2 rings (SSSR count). The van der Waals surface area contributed by atoms with E-state index in [9.17, 15) is 5.21 Å². The Kier molecular flexibility index (Phi) is 2.82. The summed E-state index contributed by atoms with van der Waals surface area (Å²) < 4.78 is 0.791. The van der Waals surface area contributed by atoms with Gasteiger partial charge >= 0.3 is 0 Å². The van der Waals surface area contributed by atoms with E-state index in [1.54, 1.807) is 6.92 Å². The van der Waals surface area contributed by atoms with E-state index < -0.39 is 0 Å². The maximum absolute atomic E-state index is 9.41. The Bertz CT molecular complexity index is 433. The minimum absolute atomic E-state index is 0.117. The van der Waals surface area contributed by atoms with Gasteiger partial charge in [0.15, 0.2) is 0 Å². The summed E-state index contributed by atoms with van der Waals surface area (Å²) in [5, 5.41) is 16.9. The first-order valence-electron chi connectivity index (χ1n) is 5.36. The average Bonchev–Trinajstić information content (AvgIpc) is 2.26. The van der Waals surface area contributed by atoms with Gasteiger partial charge in [0.05, 0.1) is 5.69 Å². The predicted octanol–water partition coefficient (Wildman–Crippen LogP) is -0.340. The zero-order valence-electron chi connectivity index (χ0n) is 9.64. The van der Waals surface area contributed by atoms with Crippen LogP contribution in [0.3, 0.4) is 0 Å². The SMILES string of the molecule is Cc1cc(N2CCN(C)CC2)nc(=N)n1O. The van der Waals surface area contributed by atoms with Crippen molar-refractivity contribution in [2.75, 3.05) is 38.1 Å². The zero-order chi connectivity index (χ0) is 11.7. The second-order valence-electron chi connectivity index (χ2n) is 4.18. The van der Waals surface area contributed by atoms with E-state index in [2.05, 4.69) is 21.8 Å². The topological polar surface area (TPSA) is 68.4 Å². The van der Waals surface area contributed by atoms with Crippen molar-refractivity contribution < 1.29 is 5.21 Å². The Labute approximate surface area is 94.2 Å². The van der Waals surface area contributed by atoms with Crippen LogP contribution in [0.5, 0.6) is 0 Å². The zero-order valence-corrected chi connectivity index (χ0v) is 9.64. The van der Waals surface area contributed by atoms with Crippen LogP contribution in [0.4, 0.5) is 5.82 Å². The van der Waals surface area contributed by atoms with E-state index >= 15 is 0 Å². The fourth-order valence-electron chi connectivity index (χ4n) is 1.80. The molecule has 6 heteroatoms. The number of hydrogen-bond donors (Lipinski definition) is 2. The molecule has 1 fully saturated rings. The molecule has 0 saturated carbocycles. The minimum atomic E-state index is -0.117. The Morgan fingerprint density at radius 1 is 1.31 bits per heavy atom. The Balaban J connectivity index is 2.24. The van der Waals surface area contributed by atoms with Crippen molar-refractivity contribution >= 4 is 5.82 Å². The summed E-state index contributed by atoms with van der Waals surface area (Å²) in [6.45, 7) is 5.60. The molecule has 2 heterocycles. The summed E-state index contributed by atoms with van der Waals surface area (Å²) >= 11 is 0. The molecule has 0 unspecified atom stereocenters. The highest BCUT2D eigenvalue weighted by Crippen LogP contribution is 2.12. The van der Waals surface area contributed by atoms with Crippen molar-refractivity contribution in [3.05, 3.63) is 17.4 Å². The number of anilines is 1. The van der Waals surface area contributed by atoms with Gasteiger partial charge in [0.2, 0.25) is 0 Å². The molecule has 16 heavy (non-hydrogen) atoms. The summed E-state index contributed by atoms with van der Waals surface area (Å²) in [6.07, 6.45) is 0. The van der Waals surface area contributed by atoms with Crippen LogP contribution >= 0.6 is 0 Å². The van der Waals surface area contributed by atoms with E-state index in [1.165, 1.54) is 0 Å². The molecule has 1 aliphatic rings. The summed E-state index contributed by atoms with van der Waals surface area (Å²) in [6, 6.07) is 1.81. The Morgan fingerprint density at radius 3 is 2.50 bits per heavy atom. The van der Waals surface area contributed by atoms with Crippen LogP contribution in [0.25, 0.3) is 0 Å². The number of likely N-dealkylation sites (N-methyl/N-ethyl adjacent to an activating group) is 1. The van der Waals surface area contributed by atoms with Gasteiger partial charge < -0.3 is 15.0 Å². The van der Waals surface area contributed by atoms with Crippen molar-refractivity contribution in [3.63, 3.8) is 0 Å². The van der Waals surface area contributed by atoms with Gasteiger partial charge in [-0.25, -0.2) is 0 Å². The van der Waals surface area contributed by atoms with E-state index in [0.717, 1.165) is 36.7 Å². The van der Waals surface area contributed by atoms with E-state index in [4.69, 9.17) is 5.41 Å². The first-order chi connectivity index (χ1) is 7.58. The van der Waals surface area contributed by atoms with Crippen LogP contribution in [0.15, 0.2) is 6.07 Å². The molecule has 0 amide bonds. The van der Waals surface area contributed by atoms with Gasteiger partial charge in [0, 0.05) is 32.2 Å². The molecule has 0 aliphatic carbocycles. The fourth-order valence-corrected chi connectivity index (χ4v) is 1.80. The molecule has 0 bridgehead atoms. The first-order valence-corrected chi connectivity index (χ1v) is 5.36. The highest BCUT2D eigenvalue weighted by Gasteiger charge is 2.16. The lowest BCUT2D eigenvalue weighted by Gasteiger charge is -2.33. The third kappa shape index (κ3) is 2.01. The standard InChI is InChI=1S/C10H17N5O/c1-8-7-9(12-10(11)15(8)16)14-5-3-13(2)4-6-14/h7,11,16H,3-6H2,1-2H3.